The van der Waals surface area contributed by atoms with E-state index in [4.69, 9.17) is 0 Å². The minimum Gasteiger partial charge on any atom is -0.382 e. The Hall–Kier alpha value is -1.83. The minimum absolute atomic E-state index is 0.138. The average molecular weight is 255 g/mol. The molecule has 0 spiro atoms. The Morgan fingerprint density at radius 1 is 1.11 bits per heavy atom. The topological polar surface area (TPSA) is 12.0 Å². The van der Waals surface area contributed by atoms with E-state index in [0.29, 0.717) is 11.6 Å². The molecule has 0 fully saturated rings. The summed E-state index contributed by atoms with van der Waals surface area (Å²) in [6, 6.07) is 14.4. The van der Waals surface area contributed by atoms with Crippen LogP contribution in [-0.4, -0.2) is 6.04 Å². The number of anilines is 1. The Labute approximate surface area is 113 Å². The van der Waals surface area contributed by atoms with E-state index in [1.165, 1.54) is 11.1 Å². The van der Waals surface area contributed by atoms with Gasteiger partial charge in [-0.2, -0.15) is 0 Å². The van der Waals surface area contributed by atoms with Crippen molar-refractivity contribution in [1.82, 2.24) is 0 Å². The highest BCUT2D eigenvalue weighted by Gasteiger charge is 2.18. The molecule has 1 nitrogen and oxygen atoms in total. The first-order valence-electron chi connectivity index (χ1n) is 6.82. The fraction of sp³-hybridized carbons (Fsp3) is 0.294. The summed E-state index contributed by atoms with van der Waals surface area (Å²) in [6.45, 7) is 1.79. The second-order valence-electron chi connectivity index (χ2n) is 5.32. The first kappa shape index (κ1) is 12.2. The Morgan fingerprint density at radius 2 is 1.89 bits per heavy atom. The van der Waals surface area contributed by atoms with Crippen molar-refractivity contribution in [2.45, 2.75) is 32.2 Å². The number of aryl methyl sites for hydroxylation is 2. The van der Waals surface area contributed by atoms with Crippen LogP contribution in [-0.2, 0) is 12.8 Å². The molecule has 1 aliphatic rings. The van der Waals surface area contributed by atoms with Crippen molar-refractivity contribution in [3.8, 4) is 0 Å². The van der Waals surface area contributed by atoms with Gasteiger partial charge >= 0.3 is 0 Å². The summed E-state index contributed by atoms with van der Waals surface area (Å²) in [7, 11) is 0. The zero-order chi connectivity index (χ0) is 13.2. The largest absolute Gasteiger partial charge is 0.382 e. The van der Waals surface area contributed by atoms with Crippen LogP contribution in [0.25, 0.3) is 0 Å². The van der Waals surface area contributed by atoms with E-state index in [2.05, 4.69) is 29.6 Å². The highest BCUT2D eigenvalue weighted by atomic mass is 19.1. The van der Waals surface area contributed by atoms with Crippen LogP contribution in [0.4, 0.5) is 10.1 Å². The molecule has 2 heteroatoms. The molecule has 0 amide bonds. The first-order chi connectivity index (χ1) is 9.22. The van der Waals surface area contributed by atoms with Crippen LogP contribution in [0.2, 0.25) is 0 Å². The molecule has 0 aliphatic heterocycles. The van der Waals surface area contributed by atoms with Gasteiger partial charge in [0.1, 0.15) is 5.82 Å². The number of hydrogen-bond donors (Lipinski definition) is 1. The van der Waals surface area contributed by atoms with Gasteiger partial charge < -0.3 is 5.32 Å². The van der Waals surface area contributed by atoms with Crippen LogP contribution in [0, 0.1) is 12.7 Å². The fourth-order valence-electron chi connectivity index (χ4n) is 2.74. The van der Waals surface area contributed by atoms with Gasteiger partial charge in [-0.1, -0.05) is 30.3 Å². The summed E-state index contributed by atoms with van der Waals surface area (Å²) in [5.74, 6) is -0.138. The van der Waals surface area contributed by atoms with Gasteiger partial charge in [-0.3, -0.25) is 0 Å². The summed E-state index contributed by atoms with van der Waals surface area (Å²) < 4.78 is 13.5. The molecule has 19 heavy (non-hydrogen) atoms. The summed E-state index contributed by atoms with van der Waals surface area (Å²) in [5, 5.41) is 3.45. The van der Waals surface area contributed by atoms with Gasteiger partial charge in [-0.05, 0) is 55.0 Å². The normalized spacial score (nSPS) is 17.9. The van der Waals surface area contributed by atoms with E-state index < -0.39 is 0 Å². The molecule has 1 unspecified atom stereocenters. The highest BCUT2D eigenvalue weighted by molar-refractivity contribution is 5.47. The van der Waals surface area contributed by atoms with Crippen LogP contribution >= 0.6 is 0 Å². The zero-order valence-electron chi connectivity index (χ0n) is 11.1. The van der Waals surface area contributed by atoms with Crippen LogP contribution in [0.15, 0.2) is 42.5 Å². The minimum atomic E-state index is -0.138. The second kappa shape index (κ2) is 5.04. The van der Waals surface area contributed by atoms with Crippen molar-refractivity contribution >= 4 is 5.69 Å². The smallest absolute Gasteiger partial charge is 0.128 e. The molecule has 2 aromatic rings. The molecule has 98 valence electrons. The number of hydrogen-bond acceptors (Lipinski definition) is 1. The average Bonchev–Trinajstić information content (AvgIpc) is 2.43. The Bertz CT molecular complexity index is 592. The standard InChI is InChI=1S/C17H18FN/c1-12-6-8-16(11-17(12)18)19-15-9-7-13-4-2-3-5-14(13)10-15/h2-6,8,11,15,19H,7,9-10H2,1H3. The summed E-state index contributed by atoms with van der Waals surface area (Å²) in [5.41, 5.74) is 4.45. The number of rotatable bonds is 2. The molecule has 0 bridgehead atoms. The maximum Gasteiger partial charge on any atom is 0.128 e. The molecule has 0 heterocycles. The van der Waals surface area contributed by atoms with E-state index >= 15 is 0 Å². The van der Waals surface area contributed by atoms with E-state index in [1.54, 1.807) is 13.0 Å². The van der Waals surface area contributed by atoms with Gasteiger partial charge in [0.15, 0.2) is 0 Å². The van der Waals surface area contributed by atoms with Gasteiger partial charge in [0.2, 0.25) is 0 Å². The van der Waals surface area contributed by atoms with Crippen molar-refractivity contribution in [2.75, 3.05) is 5.32 Å². The second-order valence-corrected chi connectivity index (χ2v) is 5.32. The fourth-order valence-corrected chi connectivity index (χ4v) is 2.74. The van der Waals surface area contributed by atoms with E-state index in [-0.39, 0.29) is 5.82 Å². The van der Waals surface area contributed by atoms with Crippen molar-refractivity contribution < 1.29 is 4.39 Å². The van der Waals surface area contributed by atoms with Gasteiger partial charge in [-0.25, -0.2) is 4.39 Å². The number of nitrogens with one attached hydrogen (secondary N) is 1. The van der Waals surface area contributed by atoms with Crippen molar-refractivity contribution in [1.29, 1.82) is 0 Å². The van der Waals surface area contributed by atoms with Gasteiger partial charge in [0.05, 0.1) is 0 Å². The summed E-state index contributed by atoms with van der Waals surface area (Å²) in [6.07, 6.45) is 3.22. The van der Waals surface area contributed by atoms with Crippen LogP contribution in [0.1, 0.15) is 23.1 Å². The lowest BCUT2D eigenvalue weighted by Crippen LogP contribution is -2.27. The van der Waals surface area contributed by atoms with Crippen LogP contribution < -0.4 is 5.32 Å². The molecule has 1 atom stereocenters. The zero-order valence-corrected chi connectivity index (χ0v) is 11.1. The third-order valence-corrected chi connectivity index (χ3v) is 3.89. The molecule has 0 saturated carbocycles. The predicted molar refractivity (Wildman–Crippen MR) is 77.0 cm³/mol. The van der Waals surface area contributed by atoms with Crippen molar-refractivity contribution in [3.05, 3.63) is 65.0 Å². The van der Waals surface area contributed by atoms with Gasteiger partial charge in [-0.15, -0.1) is 0 Å². The lowest BCUT2D eigenvalue weighted by molar-refractivity contribution is 0.604. The third-order valence-electron chi connectivity index (χ3n) is 3.89. The van der Waals surface area contributed by atoms with Crippen molar-refractivity contribution in [2.24, 2.45) is 0 Å². The SMILES string of the molecule is Cc1ccc(NC2CCc3ccccc3C2)cc1F. The predicted octanol–water partition coefficient (Wildman–Crippen LogP) is 4.10. The maximum atomic E-state index is 13.5. The third kappa shape index (κ3) is 2.62. The molecule has 2 aromatic carbocycles. The molecule has 3 rings (SSSR count). The van der Waals surface area contributed by atoms with E-state index in [0.717, 1.165) is 24.9 Å². The van der Waals surface area contributed by atoms with Gasteiger partial charge in [0, 0.05) is 11.7 Å². The van der Waals surface area contributed by atoms with Crippen molar-refractivity contribution in [3.63, 3.8) is 0 Å². The molecule has 1 aliphatic carbocycles. The summed E-state index contributed by atoms with van der Waals surface area (Å²) in [4.78, 5) is 0. The molecule has 1 N–H and O–H groups in total. The van der Waals surface area contributed by atoms with Crippen LogP contribution in [0.5, 0.6) is 0 Å². The molecule has 0 aromatic heterocycles. The quantitative estimate of drug-likeness (QED) is 0.851. The highest BCUT2D eigenvalue weighted by Crippen LogP contribution is 2.24. The van der Waals surface area contributed by atoms with E-state index in [9.17, 15) is 4.39 Å². The Balaban J connectivity index is 1.73. The lowest BCUT2D eigenvalue weighted by Gasteiger charge is -2.26. The molecular formula is C17H18FN. The monoisotopic (exact) mass is 255 g/mol. The van der Waals surface area contributed by atoms with E-state index in [1.807, 2.05) is 12.1 Å². The van der Waals surface area contributed by atoms with Gasteiger partial charge in [0.25, 0.3) is 0 Å². The molecule has 0 saturated heterocycles. The Morgan fingerprint density at radius 3 is 2.68 bits per heavy atom. The maximum absolute atomic E-state index is 13.5. The number of benzene rings is 2. The molecular weight excluding hydrogens is 237 g/mol. The number of halogens is 1. The lowest BCUT2D eigenvalue weighted by atomic mass is 9.88. The number of fused-ring (bicyclic) bond motifs is 1. The van der Waals surface area contributed by atoms with Crippen LogP contribution in [0.3, 0.4) is 0 Å². The Kier molecular flexibility index (Phi) is 3.24. The molecule has 0 radical (unpaired) electrons. The summed E-state index contributed by atoms with van der Waals surface area (Å²) >= 11 is 0. The first-order valence-corrected chi connectivity index (χ1v) is 6.82.